The van der Waals surface area contributed by atoms with E-state index in [2.05, 4.69) is 32.3 Å². The molecule has 0 aliphatic carbocycles. The van der Waals surface area contributed by atoms with Crippen molar-refractivity contribution in [2.24, 2.45) is 0 Å². The van der Waals surface area contributed by atoms with Gasteiger partial charge in [0.15, 0.2) is 0 Å². The van der Waals surface area contributed by atoms with Gasteiger partial charge in [0.1, 0.15) is 11.4 Å². The Bertz CT molecular complexity index is 762. The van der Waals surface area contributed by atoms with Gasteiger partial charge in [0.2, 0.25) is 5.95 Å². The van der Waals surface area contributed by atoms with Crippen LogP contribution in [0.1, 0.15) is 40.5 Å². The molecular formula is C17H18N4O2. The van der Waals surface area contributed by atoms with Gasteiger partial charge in [0, 0.05) is 24.8 Å². The van der Waals surface area contributed by atoms with Crippen LogP contribution in [0.4, 0.5) is 5.95 Å². The number of benzene rings is 1. The van der Waals surface area contributed by atoms with Crippen molar-refractivity contribution >= 4 is 11.9 Å². The van der Waals surface area contributed by atoms with Crippen molar-refractivity contribution in [1.29, 1.82) is 0 Å². The van der Waals surface area contributed by atoms with Crippen LogP contribution in [0.25, 0.3) is 0 Å². The second-order valence-corrected chi connectivity index (χ2v) is 5.85. The maximum absolute atomic E-state index is 11.8. The largest absolute Gasteiger partial charge is 0.497 e. The van der Waals surface area contributed by atoms with E-state index in [1.165, 1.54) is 5.56 Å². The smallest absolute Gasteiger partial charge is 0.270 e. The molecule has 0 spiro atoms. The predicted molar refractivity (Wildman–Crippen MR) is 85.5 cm³/mol. The Morgan fingerprint density at radius 1 is 1.39 bits per heavy atom. The molecule has 2 aromatic rings. The first-order chi connectivity index (χ1) is 11.3. The van der Waals surface area contributed by atoms with Crippen molar-refractivity contribution in [2.75, 3.05) is 18.6 Å². The van der Waals surface area contributed by atoms with Gasteiger partial charge in [-0.3, -0.25) is 4.79 Å². The average Bonchev–Trinajstić information content (AvgIpc) is 3.22. The minimum absolute atomic E-state index is 0.110. The quantitative estimate of drug-likeness (QED) is 0.940. The number of carbonyl (C=O) groups excluding carboxylic acids is 1. The Morgan fingerprint density at radius 3 is 3.17 bits per heavy atom. The molecule has 1 saturated heterocycles. The van der Waals surface area contributed by atoms with Crippen LogP contribution in [0.15, 0.2) is 30.5 Å². The van der Waals surface area contributed by atoms with Crippen molar-refractivity contribution < 1.29 is 9.53 Å². The summed E-state index contributed by atoms with van der Waals surface area (Å²) in [7, 11) is 1.67. The Balaban J connectivity index is 1.68. The number of aromatic nitrogens is 2. The second-order valence-electron chi connectivity index (χ2n) is 5.85. The third-order valence-electron chi connectivity index (χ3n) is 4.49. The molecule has 0 bridgehead atoms. The molecule has 1 aromatic carbocycles. The summed E-state index contributed by atoms with van der Waals surface area (Å²) >= 11 is 0. The Hall–Kier alpha value is -2.63. The van der Waals surface area contributed by atoms with Crippen molar-refractivity contribution in [3.63, 3.8) is 0 Å². The molecule has 1 aromatic heterocycles. The van der Waals surface area contributed by atoms with Crippen LogP contribution in [0.5, 0.6) is 5.75 Å². The zero-order valence-electron chi connectivity index (χ0n) is 13.0. The highest BCUT2D eigenvalue weighted by molar-refractivity contribution is 5.96. The fourth-order valence-corrected chi connectivity index (χ4v) is 3.32. The molecule has 4 rings (SSSR count). The molecule has 1 fully saturated rings. The lowest BCUT2D eigenvalue weighted by Crippen LogP contribution is -2.25. The van der Waals surface area contributed by atoms with E-state index in [-0.39, 0.29) is 11.9 Å². The third-order valence-corrected chi connectivity index (χ3v) is 4.49. The maximum Gasteiger partial charge on any atom is 0.270 e. The number of rotatable bonds is 3. The number of anilines is 1. The number of fused-ring (bicyclic) bond motifs is 1. The normalized spacial score (nSPS) is 19.6. The number of nitrogens with one attached hydrogen (secondary N) is 1. The molecule has 1 amide bonds. The first-order valence-electron chi connectivity index (χ1n) is 7.81. The fraction of sp³-hybridized carbons (Fsp3) is 0.353. The lowest BCUT2D eigenvalue weighted by molar-refractivity contribution is 0.0961. The Labute approximate surface area is 134 Å². The van der Waals surface area contributed by atoms with Crippen LogP contribution in [-0.4, -0.2) is 29.5 Å². The lowest BCUT2D eigenvalue weighted by atomic mass is 10.0. The summed E-state index contributed by atoms with van der Waals surface area (Å²) in [4.78, 5) is 23.0. The van der Waals surface area contributed by atoms with Crippen LogP contribution in [0.2, 0.25) is 0 Å². The van der Waals surface area contributed by atoms with Crippen LogP contribution in [-0.2, 0) is 6.54 Å². The standard InChI is InChI=1S/C17H18N4O2/c1-23-13-5-2-4-11(8-13)14-6-3-7-21(14)17-19-10-12-9-18-16(22)15(12)20-17/h2,4-5,8,10,14H,3,6-7,9H2,1H3,(H,18,22). The van der Waals surface area contributed by atoms with Gasteiger partial charge >= 0.3 is 0 Å². The van der Waals surface area contributed by atoms with Crippen molar-refractivity contribution in [3.8, 4) is 5.75 Å². The summed E-state index contributed by atoms with van der Waals surface area (Å²) in [6.07, 6.45) is 3.88. The summed E-state index contributed by atoms with van der Waals surface area (Å²) in [5, 5.41) is 2.78. The first-order valence-corrected chi connectivity index (χ1v) is 7.81. The van der Waals surface area contributed by atoms with E-state index in [0.717, 1.165) is 30.7 Å². The van der Waals surface area contributed by atoms with Crippen LogP contribution < -0.4 is 15.0 Å². The van der Waals surface area contributed by atoms with E-state index < -0.39 is 0 Å². The van der Waals surface area contributed by atoms with Crippen LogP contribution in [0, 0.1) is 0 Å². The molecule has 118 valence electrons. The monoisotopic (exact) mass is 310 g/mol. The third kappa shape index (κ3) is 2.40. The summed E-state index contributed by atoms with van der Waals surface area (Å²) in [6, 6.07) is 8.32. The summed E-state index contributed by atoms with van der Waals surface area (Å²) < 4.78 is 5.33. The van der Waals surface area contributed by atoms with Gasteiger partial charge < -0.3 is 15.0 Å². The van der Waals surface area contributed by atoms with E-state index >= 15 is 0 Å². The number of hydrogen-bond acceptors (Lipinski definition) is 5. The molecule has 2 aliphatic rings. The molecule has 1 N–H and O–H groups in total. The molecule has 3 heterocycles. The number of amides is 1. The van der Waals surface area contributed by atoms with Gasteiger partial charge in [-0.15, -0.1) is 0 Å². The highest BCUT2D eigenvalue weighted by Crippen LogP contribution is 2.35. The molecule has 2 aliphatic heterocycles. The zero-order chi connectivity index (χ0) is 15.8. The molecular weight excluding hydrogens is 292 g/mol. The highest BCUT2D eigenvalue weighted by atomic mass is 16.5. The number of ether oxygens (including phenoxy) is 1. The fourth-order valence-electron chi connectivity index (χ4n) is 3.32. The topological polar surface area (TPSA) is 67.3 Å². The minimum Gasteiger partial charge on any atom is -0.497 e. The molecule has 23 heavy (non-hydrogen) atoms. The van der Waals surface area contributed by atoms with Gasteiger partial charge in [-0.25, -0.2) is 9.97 Å². The minimum atomic E-state index is -0.110. The first kappa shape index (κ1) is 14.0. The summed E-state index contributed by atoms with van der Waals surface area (Å²) in [5.74, 6) is 1.37. The van der Waals surface area contributed by atoms with Gasteiger partial charge in [-0.2, -0.15) is 0 Å². The second kappa shape index (κ2) is 5.53. The van der Waals surface area contributed by atoms with Crippen LogP contribution >= 0.6 is 0 Å². The summed E-state index contributed by atoms with van der Waals surface area (Å²) in [6.45, 7) is 1.41. The van der Waals surface area contributed by atoms with E-state index in [0.29, 0.717) is 18.2 Å². The van der Waals surface area contributed by atoms with E-state index in [1.54, 1.807) is 13.3 Å². The Morgan fingerprint density at radius 2 is 2.30 bits per heavy atom. The SMILES string of the molecule is COc1cccc(C2CCCN2c2ncc3c(n2)C(=O)NC3)c1. The molecule has 6 heteroatoms. The predicted octanol–water partition coefficient (Wildman–Crippen LogP) is 2.07. The molecule has 0 saturated carbocycles. The number of carbonyl (C=O) groups is 1. The zero-order valence-corrected chi connectivity index (χ0v) is 13.0. The van der Waals surface area contributed by atoms with Crippen molar-refractivity contribution in [1.82, 2.24) is 15.3 Å². The molecule has 1 atom stereocenters. The number of methoxy groups -OCH3 is 1. The average molecular weight is 310 g/mol. The number of hydrogen-bond donors (Lipinski definition) is 1. The van der Waals surface area contributed by atoms with Gasteiger partial charge in [-0.05, 0) is 30.5 Å². The van der Waals surface area contributed by atoms with E-state index in [1.807, 2.05) is 12.1 Å². The molecule has 6 nitrogen and oxygen atoms in total. The molecule has 0 radical (unpaired) electrons. The summed E-state index contributed by atoms with van der Waals surface area (Å²) in [5.41, 5.74) is 2.57. The lowest BCUT2D eigenvalue weighted by Gasteiger charge is -2.25. The highest BCUT2D eigenvalue weighted by Gasteiger charge is 2.30. The van der Waals surface area contributed by atoms with E-state index in [9.17, 15) is 4.79 Å². The van der Waals surface area contributed by atoms with Gasteiger partial charge in [0.05, 0.1) is 13.2 Å². The van der Waals surface area contributed by atoms with Gasteiger partial charge in [0.25, 0.3) is 5.91 Å². The van der Waals surface area contributed by atoms with E-state index in [4.69, 9.17) is 4.74 Å². The van der Waals surface area contributed by atoms with Crippen molar-refractivity contribution in [3.05, 3.63) is 47.3 Å². The number of nitrogens with zero attached hydrogens (tertiary/aromatic N) is 3. The molecule has 1 unspecified atom stereocenters. The maximum atomic E-state index is 11.8. The van der Waals surface area contributed by atoms with Crippen LogP contribution in [0.3, 0.4) is 0 Å². The van der Waals surface area contributed by atoms with Crippen molar-refractivity contribution in [2.45, 2.75) is 25.4 Å². The van der Waals surface area contributed by atoms with Gasteiger partial charge in [-0.1, -0.05) is 12.1 Å². The Kier molecular flexibility index (Phi) is 3.37.